The maximum Gasteiger partial charge on any atom is 0.272 e. The third-order valence-corrected chi connectivity index (χ3v) is 6.27. The van der Waals surface area contributed by atoms with Crippen molar-refractivity contribution in [2.75, 3.05) is 0 Å². The second-order valence-electron chi connectivity index (χ2n) is 8.02. The van der Waals surface area contributed by atoms with Crippen LogP contribution in [0.1, 0.15) is 52.5 Å². The zero-order valence-electron chi connectivity index (χ0n) is 14.9. The Morgan fingerprint density at radius 2 is 1.93 bits per heavy atom. The van der Waals surface area contributed by atoms with Crippen LogP contribution in [0.25, 0.3) is 5.82 Å². The molecule has 27 heavy (non-hydrogen) atoms. The molecule has 5 heteroatoms. The average Bonchev–Trinajstić information content (AvgIpc) is 3.59. The van der Waals surface area contributed by atoms with Crippen molar-refractivity contribution in [2.45, 2.75) is 37.1 Å². The minimum absolute atomic E-state index is 0.0522. The fourth-order valence-electron chi connectivity index (χ4n) is 4.60. The number of fused-ring (bicyclic) bond motifs is 3. The van der Waals surface area contributed by atoms with Crippen molar-refractivity contribution < 1.29 is 4.79 Å². The van der Waals surface area contributed by atoms with Gasteiger partial charge in [-0.15, -0.1) is 0 Å². The van der Waals surface area contributed by atoms with Crippen LogP contribution in [0.2, 0.25) is 0 Å². The minimum atomic E-state index is -0.221. The number of amides is 1. The van der Waals surface area contributed by atoms with Crippen LogP contribution in [0.15, 0.2) is 54.7 Å². The van der Waals surface area contributed by atoms with Gasteiger partial charge in [0.1, 0.15) is 0 Å². The lowest BCUT2D eigenvalue weighted by Crippen LogP contribution is -2.35. The number of nitrogens with one attached hydrogen (secondary N) is 1. The number of hydrogen-bond donors (Lipinski definition) is 1. The van der Waals surface area contributed by atoms with Gasteiger partial charge < -0.3 is 5.32 Å². The molecule has 0 bridgehead atoms. The first-order chi connectivity index (χ1) is 13.3. The molecule has 1 amide bonds. The Bertz CT molecular complexity index is 1040. The van der Waals surface area contributed by atoms with Gasteiger partial charge in [0.25, 0.3) is 5.91 Å². The fourth-order valence-corrected chi connectivity index (χ4v) is 4.60. The van der Waals surface area contributed by atoms with Gasteiger partial charge in [0.05, 0.1) is 11.2 Å². The van der Waals surface area contributed by atoms with E-state index in [4.69, 9.17) is 5.10 Å². The molecule has 6 rings (SSSR count). The summed E-state index contributed by atoms with van der Waals surface area (Å²) in [5.41, 5.74) is 3.88. The van der Waals surface area contributed by atoms with Crippen LogP contribution in [0, 0.1) is 5.92 Å². The molecule has 2 aromatic heterocycles. The molecule has 0 spiro atoms. The van der Waals surface area contributed by atoms with Gasteiger partial charge in [0.2, 0.25) is 0 Å². The molecule has 2 fully saturated rings. The van der Waals surface area contributed by atoms with E-state index in [9.17, 15) is 4.79 Å². The third kappa shape index (κ3) is 2.27. The van der Waals surface area contributed by atoms with E-state index in [1.807, 2.05) is 41.1 Å². The van der Waals surface area contributed by atoms with Crippen molar-refractivity contribution in [3.63, 3.8) is 0 Å². The van der Waals surface area contributed by atoms with Crippen molar-refractivity contribution in [3.8, 4) is 5.82 Å². The summed E-state index contributed by atoms with van der Waals surface area (Å²) in [6.45, 7) is 0. The molecule has 2 atom stereocenters. The zero-order chi connectivity index (χ0) is 18.0. The number of benzene rings is 1. The minimum Gasteiger partial charge on any atom is -0.341 e. The quantitative estimate of drug-likeness (QED) is 0.780. The normalized spacial score (nSPS) is 23.4. The predicted octanol–water partition coefficient (Wildman–Crippen LogP) is 3.35. The molecule has 5 nitrogen and oxygen atoms in total. The van der Waals surface area contributed by atoms with Gasteiger partial charge >= 0.3 is 0 Å². The van der Waals surface area contributed by atoms with Crippen LogP contribution in [0.4, 0.5) is 0 Å². The summed E-state index contributed by atoms with van der Waals surface area (Å²) in [5, 5.41) is 8.02. The summed E-state index contributed by atoms with van der Waals surface area (Å²) < 4.78 is 1.91. The summed E-state index contributed by atoms with van der Waals surface area (Å²) in [7, 11) is 0. The molecule has 3 aromatic rings. The molecule has 3 aliphatic carbocycles. The van der Waals surface area contributed by atoms with Gasteiger partial charge in [-0.05, 0) is 49.3 Å². The molecule has 1 N–H and O–H groups in total. The average molecular weight is 356 g/mol. The van der Waals surface area contributed by atoms with Crippen molar-refractivity contribution in [1.29, 1.82) is 0 Å². The van der Waals surface area contributed by atoms with E-state index in [2.05, 4.69) is 22.4 Å². The van der Waals surface area contributed by atoms with Crippen LogP contribution in [-0.4, -0.2) is 20.7 Å². The van der Waals surface area contributed by atoms with E-state index in [1.165, 1.54) is 17.7 Å². The highest BCUT2D eigenvalue weighted by molar-refractivity contribution is 5.95. The number of carbonyl (C=O) groups excluding carboxylic acids is 1. The number of pyridine rings is 1. The molecule has 134 valence electrons. The standard InChI is InChI=1S/C22H20N4O/c27-21(24-22(9-10-22)15-6-2-1-3-7-15)19-17-13-14-12-16(14)20(17)26(25-19)18-8-4-5-11-23-18/h1-8,11,14,16H,9-10,12-13H2,(H,24,27)/t14-,16-/m0/s1. The molecule has 0 radical (unpaired) electrons. The largest absolute Gasteiger partial charge is 0.341 e. The molecule has 2 saturated carbocycles. The van der Waals surface area contributed by atoms with Gasteiger partial charge in [0, 0.05) is 17.7 Å². The Morgan fingerprint density at radius 3 is 2.67 bits per heavy atom. The van der Waals surface area contributed by atoms with Gasteiger partial charge in [-0.3, -0.25) is 4.79 Å². The predicted molar refractivity (Wildman–Crippen MR) is 101 cm³/mol. The maximum absolute atomic E-state index is 13.2. The van der Waals surface area contributed by atoms with Crippen molar-refractivity contribution >= 4 is 5.91 Å². The Hall–Kier alpha value is -2.95. The molecule has 2 heterocycles. The highest BCUT2D eigenvalue weighted by Crippen LogP contribution is 2.57. The number of hydrogen-bond acceptors (Lipinski definition) is 3. The summed E-state index contributed by atoms with van der Waals surface area (Å²) in [4.78, 5) is 17.6. The second-order valence-corrected chi connectivity index (χ2v) is 8.02. The van der Waals surface area contributed by atoms with E-state index >= 15 is 0 Å². The lowest BCUT2D eigenvalue weighted by Gasteiger charge is -2.17. The maximum atomic E-state index is 13.2. The lowest BCUT2D eigenvalue weighted by atomic mass is 10.0. The topological polar surface area (TPSA) is 59.8 Å². The van der Waals surface area contributed by atoms with E-state index in [-0.39, 0.29) is 11.4 Å². The van der Waals surface area contributed by atoms with Gasteiger partial charge in [-0.1, -0.05) is 36.4 Å². The third-order valence-electron chi connectivity index (χ3n) is 6.27. The molecular weight excluding hydrogens is 336 g/mol. The SMILES string of the molecule is O=C(NC1(c2ccccc2)CC1)c1nn(-c2ccccn2)c2c1C[C@@H]1C[C@H]21. The monoisotopic (exact) mass is 356 g/mol. The number of carbonyl (C=O) groups is 1. The van der Waals surface area contributed by atoms with E-state index in [0.717, 1.165) is 30.6 Å². The highest BCUT2D eigenvalue weighted by Gasteiger charge is 2.51. The van der Waals surface area contributed by atoms with Gasteiger partial charge in [0.15, 0.2) is 11.5 Å². The van der Waals surface area contributed by atoms with Gasteiger partial charge in [-0.2, -0.15) is 5.10 Å². The number of nitrogens with zero attached hydrogens (tertiary/aromatic N) is 3. The Labute approximate surface area is 157 Å². The molecular formula is C22H20N4O. The van der Waals surface area contributed by atoms with Crippen LogP contribution in [-0.2, 0) is 12.0 Å². The highest BCUT2D eigenvalue weighted by atomic mass is 16.2. The zero-order valence-corrected chi connectivity index (χ0v) is 14.9. The molecule has 0 unspecified atom stereocenters. The number of aromatic nitrogens is 3. The lowest BCUT2D eigenvalue weighted by molar-refractivity contribution is 0.0924. The van der Waals surface area contributed by atoms with Crippen LogP contribution in [0.3, 0.4) is 0 Å². The fraction of sp³-hybridized carbons (Fsp3) is 0.318. The van der Waals surface area contributed by atoms with E-state index < -0.39 is 0 Å². The van der Waals surface area contributed by atoms with Gasteiger partial charge in [-0.25, -0.2) is 9.67 Å². The summed E-state index contributed by atoms with van der Waals surface area (Å²) in [6, 6.07) is 16.1. The molecule has 3 aliphatic rings. The Morgan fingerprint density at radius 1 is 1.11 bits per heavy atom. The van der Waals surface area contributed by atoms with Crippen LogP contribution < -0.4 is 5.32 Å². The molecule has 0 saturated heterocycles. The second kappa shape index (κ2) is 5.28. The Kier molecular flexibility index (Phi) is 2.96. The van der Waals surface area contributed by atoms with Crippen LogP contribution in [0.5, 0.6) is 0 Å². The van der Waals surface area contributed by atoms with E-state index in [0.29, 0.717) is 17.5 Å². The first-order valence-corrected chi connectivity index (χ1v) is 9.66. The van der Waals surface area contributed by atoms with Crippen LogP contribution >= 0.6 is 0 Å². The van der Waals surface area contributed by atoms with Crippen molar-refractivity contribution in [1.82, 2.24) is 20.1 Å². The molecule has 0 aliphatic heterocycles. The van der Waals surface area contributed by atoms with E-state index in [1.54, 1.807) is 6.20 Å². The summed E-state index contributed by atoms with van der Waals surface area (Å²) in [6.07, 6.45) is 5.92. The first-order valence-electron chi connectivity index (χ1n) is 9.66. The molecule has 1 aromatic carbocycles. The van der Waals surface area contributed by atoms with Crippen molar-refractivity contribution in [2.24, 2.45) is 5.92 Å². The smallest absolute Gasteiger partial charge is 0.272 e. The van der Waals surface area contributed by atoms with Crippen molar-refractivity contribution in [3.05, 3.63) is 77.2 Å². The Balaban J connectivity index is 1.37. The first kappa shape index (κ1) is 15.1. The number of rotatable bonds is 4. The summed E-state index contributed by atoms with van der Waals surface area (Å²) >= 11 is 0. The summed E-state index contributed by atoms with van der Waals surface area (Å²) in [5.74, 6) is 1.97.